The Morgan fingerprint density at radius 3 is 2.31 bits per heavy atom. The number of guanidine groups is 1. The third kappa shape index (κ3) is 7.92. The Morgan fingerprint density at radius 2 is 1.72 bits per heavy atom. The summed E-state index contributed by atoms with van der Waals surface area (Å²) in [5, 5.41) is 7.86. The molecule has 2 aliphatic rings. The molecule has 2 fully saturated rings. The van der Waals surface area contributed by atoms with Crippen LogP contribution in [0.3, 0.4) is 0 Å². The molecule has 3 rings (SSSR count). The Labute approximate surface area is 198 Å². The Bertz CT molecular complexity index is 616. The van der Waals surface area contributed by atoms with Crippen molar-refractivity contribution in [2.75, 3.05) is 46.0 Å². The van der Waals surface area contributed by atoms with E-state index in [1.54, 1.807) is 0 Å². The Balaban J connectivity index is 0.00000300. The summed E-state index contributed by atoms with van der Waals surface area (Å²) >= 11 is 1.99. The van der Waals surface area contributed by atoms with Gasteiger partial charge in [-0.2, -0.15) is 11.8 Å². The van der Waals surface area contributed by atoms with Crippen LogP contribution in [0.15, 0.2) is 29.3 Å². The maximum Gasteiger partial charge on any atom is 0.191 e. The third-order valence-corrected chi connectivity index (χ3v) is 7.18. The molecule has 2 unspecified atom stereocenters. The molecule has 1 aromatic rings. The molecule has 7 heteroatoms. The molecule has 2 atom stereocenters. The van der Waals surface area contributed by atoms with Crippen LogP contribution in [0.2, 0.25) is 0 Å². The number of rotatable bonds is 7. The summed E-state index contributed by atoms with van der Waals surface area (Å²) in [4.78, 5) is 9.49. The van der Waals surface area contributed by atoms with Gasteiger partial charge in [-0.25, -0.2) is 0 Å². The Morgan fingerprint density at radius 1 is 1.07 bits per heavy atom. The van der Waals surface area contributed by atoms with Crippen LogP contribution in [-0.4, -0.2) is 73.1 Å². The van der Waals surface area contributed by atoms with Crippen LogP contribution >= 0.6 is 35.7 Å². The van der Waals surface area contributed by atoms with Gasteiger partial charge >= 0.3 is 0 Å². The van der Waals surface area contributed by atoms with Gasteiger partial charge in [-0.3, -0.25) is 9.89 Å². The zero-order chi connectivity index (χ0) is 19.8. The first-order chi connectivity index (χ1) is 13.7. The molecule has 29 heavy (non-hydrogen) atoms. The van der Waals surface area contributed by atoms with Crippen molar-refractivity contribution < 1.29 is 0 Å². The van der Waals surface area contributed by atoms with Gasteiger partial charge in [-0.05, 0) is 43.2 Å². The quantitative estimate of drug-likeness (QED) is 0.321. The van der Waals surface area contributed by atoms with Crippen LogP contribution in [0.1, 0.15) is 37.3 Å². The molecule has 0 bridgehead atoms. The van der Waals surface area contributed by atoms with Crippen LogP contribution in [0.25, 0.3) is 0 Å². The van der Waals surface area contributed by atoms with Crippen molar-refractivity contribution in [1.29, 1.82) is 0 Å². The molecule has 1 aliphatic carbocycles. The minimum absolute atomic E-state index is 0. The van der Waals surface area contributed by atoms with Crippen molar-refractivity contribution >= 4 is 41.7 Å². The number of piperazine rings is 1. The average Bonchev–Trinajstić information content (AvgIpc) is 3.20. The van der Waals surface area contributed by atoms with Gasteiger partial charge in [0.25, 0.3) is 0 Å². The number of nitrogens with one attached hydrogen (secondary N) is 2. The van der Waals surface area contributed by atoms with Crippen molar-refractivity contribution in [3.8, 4) is 0 Å². The molecular weight excluding hydrogens is 493 g/mol. The zero-order valence-electron chi connectivity index (χ0n) is 18.2. The molecule has 0 spiro atoms. The van der Waals surface area contributed by atoms with Crippen LogP contribution in [0, 0.1) is 0 Å². The highest BCUT2D eigenvalue weighted by atomic mass is 127. The predicted octanol–water partition coefficient (Wildman–Crippen LogP) is 3.39. The van der Waals surface area contributed by atoms with E-state index in [0.29, 0.717) is 6.04 Å². The molecule has 1 aromatic carbocycles. The van der Waals surface area contributed by atoms with Crippen molar-refractivity contribution in [2.45, 2.75) is 50.6 Å². The monoisotopic (exact) mass is 531 g/mol. The van der Waals surface area contributed by atoms with E-state index in [4.69, 9.17) is 0 Å². The molecule has 1 saturated heterocycles. The van der Waals surface area contributed by atoms with Gasteiger partial charge in [-0.15, -0.1) is 24.0 Å². The largest absolute Gasteiger partial charge is 0.354 e. The Kier molecular flexibility index (Phi) is 11.1. The average molecular weight is 532 g/mol. The van der Waals surface area contributed by atoms with E-state index in [2.05, 4.69) is 62.9 Å². The summed E-state index contributed by atoms with van der Waals surface area (Å²) in [5.41, 5.74) is 2.71. The molecule has 164 valence electrons. The minimum Gasteiger partial charge on any atom is -0.354 e. The van der Waals surface area contributed by atoms with Crippen LogP contribution < -0.4 is 10.6 Å². The molecule has 0 amide bonds. The number of likely N-dealkylation sites (N-methyl/N-ethyl adjacent to an activating group) is 1. The Hall–Kier alpha value is -0.510. The molecular formula is C22H38IN5S. The van der Waals surface area contributed by atoms with E-state index < -0.39 is 0 Å². The van der Waals surface area contributed by atoms with Crippen molar-refractivity contribution in [2.24, 2.45) is 4.99 Å². The normalized spacial score (nSPS) is 23.6. The van der Waals surface area contributed by atoms with Crippen LogP contribution in [-0.2, 0) is 13.1 Å². The SMILES string of the molecule is CCN1CCN(Cc2ccc(CNC(=NC)NC3CCC(SC)C3)cc2)CC1.I. The fourth-order valence-electron chi connectivity index (χ4n) is 4.14. The maximum absolute atomic E-state index is 4.40. The molecule has 1 aliphatic heterocycles. The summed E-state index contributed by atoms with van der Waals surface area (Å²) < 4.78 is 0. The first kappa shape index (κ1) is 24.8. The number of benzene rings is 1. The molecule has 1 saturated carbocycles. The van der Waals surface area contributed by atoms with Crippen LogP contribution in [0.5, 0.6) is 0 Å². The van der Waals surface area contributed by atoms with Crippen molar-refractivity contribution in [1.82, 2.24) is 20.4 Å². The smallest absolute Gasteiger partial charge is 0.191 e. The summed E-state index contributed by atoms with van der Waals surface area (Å²) in [6.07, 6.45) is 6.01. The van der Waals surface area contributed by atoms with Gasteiger partial charge in [0, 0.05) is 57.6 Å². The highest BCUT2D eigenvalue weighted by Gasteiger charge is 2.24. The van der Waals surface area contributed by atoms with Gasteiger partial charge in [-0.1, -0.05) is 31.2 Å². The second kappa shape index (κ2) is 13.0. The fraction of sp³-hybridized carbons (Fsp3) is 0.682. The van der Waals surface area contributed by atoms with Crippen molar-refractivity contribution in [3.63, 3.8) is 0 Å². The van der Waals surface area contributed by atoms with Gasteiger partial charge in [0.1, 0.15) is 0 Å². The van der Waals surface area contributed by atoms with Gasteiger partial charge in [0.15, 0.2) is 5.96 Å². The lowest BCUT2D eigenvalue weighted by Gasteiger charge is -2.34. The van der Waals surface area contributed by atoms with Gasteiger partial charge < -0.3 is 15.5 Å². The maximum atomic E-state index is 4.40. The van der Waals surface area contributed by atoms with Crippen molar-refractivity contribution in [3.05, 3.63) is 35.4 Å². The first-order valence-corrected chi connectivity index (χ1v) is 12.0. The van der Waals surface area contributed by atoms with E-state index in [1.807, 2.05) is 18.8 Å². The summed E-state index contributed by atoms with van der Waals surface area (Å²) in [5.74, 6) is 0.921. The molecule has 0 radical (unpaired) electrons. The van der Waals surface area contributed by atoms with Gasteiger partial charge in [0.2, 0.25) is 0 Å². The molecule has 5 nitrogen and oxygen atoms in total. The summed E-state index contributed by atoms with van der Waals surface area (Å²) in [7, 11) is 1.86. The summed E-state index contributed by atoms with van der Waals surface area (Å²) in [6.45, 7) is 10.1. The minimum atomic E-state index is 0. The lowest BCUT2D eigenvalue weighted by Crippen LogP contribution is -2.45. The van der Waals surface area contributed by atoms with E-state index in [9.17, 15) is 0 Å². The summed E-state index contributed by atoms with van der Waals surface area (Å²) in [6, 6.07) is 9.60. The number of hydrogen-bond donors (Lipinski definition) is 2. The lowest BCUT2D eigenvalue weighted by molar-refractivity contribution is 0.132. The number of hydrogen-bond acceptors (Lipinski definition) is 4. The van der Waals surface area contributed by atoms with E-state index in [1.165, 1.54) is 63.1 Å². The molecule has 2 N–H and O–H groups in total. The standard InChI is InChI=1S/C22H37N5S.HI/c1-4-26-11-13-27(14-12-26)17-19-7-5-18(6-8-19)16-24-22(23-2)25-20-9-10-21(15-20)28-3;/h5-8,20-21H,4,9-17H2,1-3H3,(H2,23,24,25);1H. The highest BCUT2D eigenvalue weighted by Crippen LogP contribution is 2.28. The second-order valence-electron chi connectivity index (χ2n) is 7.96. The van der Waals surface area contributed by atoms with E-state index in [-0.39, 0.29) is 24.0 Å². The second-order valence-corrected chi connectivity index (χ2v) is 9.10. The number of halogens is 1. The van der Waals surface area contributed by atoms with Crippen LogP contribution in [0.4, 0.5) is 0 Å². The molecule has 0 aromatic heterocycles. The molecule has 1 heterocycles. The van der Waals surface area contributed by atoms with E-state index >= 15 is 0 Å². The topological polar surface area (TPSA) is 42.9 Å². The third-order valence-electron chi connectivity index (χ3n) is 6.08. The van der Waals surface area contributed by atoms with E-state index in [0.717, 1.165) is 24.3 Å². The zero-order valence-corrected chi connectivity index (χ0v) is 21.3. The lowest BCUT2D eigenvalue weighted by atomic mass is 10.1. The number of nitrogens with zero attached hydrogens (tertiary/aromatic N) is 3. The fourth-order valence-corrected chi connectivity index (χ4v) is 4.94. The first-order valence-electron chi connectivity index (χ1n) is 10.7. The highest BCUT2D eigenvalue weighted by molar-refractivity contribution is 14.0. The number of aliphatic imine (C=N–C) groups is 1. The predicted molar refractivity (Wildman–Crippen MR) is 138 cm³/mol. The number of thioether (sulfide) groups is 1. The van der Waals surface area contributed by atoms with Gasteiger partial charge in [0.05, 0.1) is 0 Å².